The average Bonchev–Trinajstić information content (AvgIpc) is 2.84. The summed E-state index contributed by atoms with van der Waals surface area (Å²) in [6, 6.07) is 0. The first-order valence-corrected chi connectivity index (χ1v) is 7.83. The Morgan fingerprint density at radius 2 is 2.22 bits per heavy atom. The third-order valence-corrected chi connectivity index (χ3v) is 4.18. The van der Waals surface area contributed by atoms with Crippen LogP contribution in [0.15, 0.2) is 0 Å². The van der Waals surface area contributed by atoms with E-state index in [1.807, 2.05) is 0 Å². The number of aromatic nitrogens is 2. The molecule has 0 spiro atoms. The van der Waals surface area contributed by atoms with E-state index >= 15 is 0 Å². The molecule has 0 radical (unpaired) electrons. The molecule has 0 aliphatic carbocycles. The van der Waals surface area contributed by atoms with E-state index in [4.69, 9.17) is 4.74 Å². The molecule has 0 aromatic carbocycles. The van der Waals surface area contributed by atoms with Crippen LogP contribution in [0.1, 0.15) is 42.6 Å². The molecule has 1 unspecified atom stereocenters. The second kappa shape index (κ2) is 7.81. The molecule has 18 heavy (non-hydrogen) atoms. The molecule has 5 heteroatoms. The van der Waals surface area contributed by atoms with Gasteiger partial charge in [-0.25, -0.2) is 0 Å². The number of hydrogen-bond donors (Lipinski definition) is 1. The summed E-state index contributed by atoms with van der Waals surface area (Å²) >= 11 is 1.75. The highest BCUT2D eigenvalue weighted by molar-refractivity contribution is 7.11. The second-order valence-corrected chi connectivity index (χ2v) is 5.89. The Morgan fingerprint density at radius 1 is 1.33 bits per heavy atom. The van der Waals surface area contributed by atoms with Gasteiger partial charge in [0.05, 0.1) is 6.10 Å². The van der Waals surface area contributed by atoms with E-state index < -0.39 is 0 Å². The van der Waals surface area contributed by atoms with Gasteiger partial charge in [0.1, 0.15) is 10.0 Å². The first-order valence-electron chi connectivity index (χ1n) is 7.02. The van der Waals surface area contributed by atoms with Crippen LogP contribution in [-0.4, -0.2) is 36.0 Å². The van der Waals surface area contributed by atoms with Gasteiger partial charge in [0.25, 0.3) is 0 Å². The molecule has 0 bridgehead atoms. The van der Waals surface area contributed by atoms with Crippen molar-refractivity contribution in [3.8, 4) is 0 Å². The fourth-order valence-corrected chi connectivity index (χ4v) is 3.13. The summed E-state index contributed by atoms with van der Waals surface area (Å²) in [5.41, 5.74) is 0. The molecule has 1 N–H and O–H groups in total. The van der Waals surface area contributed by atoms with Gasteiger partial charge in [-0.15, -0.1) is 21.5 Å². The van der Waals surface area contributed by atoms with Gasteiger partial charge in [0, 0.05) is 19.4 Å². The summed E-state index contributed by atoms with van der Waals surface area (Å²) in [4.78, 5) is 0. The molecule has 4 nitrogen and oxygen atoms in total. The Kier molecular flexibility index (Phi) is 6.04. The summed E-state index contributed by atoms with van der Waals surface area (Å²) in [7, 11) is 0. The van der Waals surface area contributed by atoms with Crippen molar-refractivity contribution >= 4 is 11.3 Å². The fourth-order valence-electron chi connectivity index (χ4n) is 2.18. The zero-order chi connectivity index (χ0) is 12.6. The fraction of sp³-hybridized carbons (Fsp3) is 0.846. The first kappa shape index (κ1) is 13.9. The molecule has 1 saturated heterocycles. The molecule has 1 aliphatic heterocycles. The highest BCUT2D eigenvalue weighted by Gasteiger charge is 2.16. The maximum atomic E-state index is 5.73. The first-order chi connectivity index (χ1) is 8.88. The maximum absolute atomic E-state index is 5.73. The van der Waals surface area contributed by atoms with Gasteiger partial charge in [-0.3, -0.25) is 0 Å². The predicted molar refractivity (Wildman–Crippen MR) is 74.1 cm³/mol. The van der Waals surface area contributed by atoms with E-state index in [0.29, 0.717) is 6.10 Å². The van der Waals surface area contributed by atoms with E-state index in [9.17, 15) is 0 Å². The molecular weight excluding hydrogens is 246 g/mol. The van der Waals surface area contributed by atoms with Crippen molar-refractivity contribution in [1.29, 1.82) is 0 Å². The summed E-state index contributed by atoms with van der Waals surface area (Å²) in [5, 5.41) is 14.2. The van der Waals surface area contributed by atoms with Gasteiger partial charge in [-0.2, -0.15) is 0 Å². The number of aryl methyl sites for hydroxylation is 1. The highest BCUT2D eigenvalue weighted by Crippen LogP contribution is 2.19. The van der Waals surface area contributed by atoms with Crippen molar-refractivity contribution < 1.29 is 4.74 Å². The summed E-state index contributed by atoms with van der Waals surface area (Å²) < 4.78 is 5.73. The number of ether oxygens (including phenoxy) is 1. The van der Waals surface area contributed by atoms with Crippen LogP contribution in [0.2, 0.25) is 0 Å². The highest BCUT2D eigenvalue weighted by atomic mass is 32.1. The summed E-state index contributed by atoms with van der Waals surface area (Å²) in [5.74, 6) is 0. The van der Waals surface area contributed by atoms with Crippen molar-refractivity contribution in [2.75, 3.05) is 19.7 Å². The van der Waals surface area contributed by atoms with Crippen LogP contribution < -0.4 is 5.32 Å². The maximum Gasteiger partial charge on any atom is 0.120 e. The van der Waals surface area contributed by atoms with Crippen LogP contribution in [0.3, 0.4) is 0 Å². The topological polar surface area (TPSA) is 47.0 Å². The molecular formula is C13H23N3OS. The monoisotopic (exact) mass is 269 g/mol. The molecule has 1 fully saturated rings. The van der Waals surface area contributed by atoms with E-state index in [2.05, 4.69) is 22.4 Å². The lowest BCUT2D eigenvalue weighted by atomic mass is 10.1. The molecule has 1 aromatic heterocycles. The van der Waals surface area contributed by atoms with Gasteiger partial charge in [0.2, 0.25) is 0 Å². The minimum Gasteiger partial charge on any atom is -0.378 e. The van der Waals surface area contributed by atoms with Crippen molar-refractivity contribution in [2.24, 2.45) is 0 Å². The van der Waals surface area contributed by atoms with Gasteiger partial charge in [-0.1, -0.05) is 6.92 Å². The van der Waals surface area contributed by atoms with Gasteiger partial charge >= 0.3 is 0 Å². The minimum absolute atomic E-state index is 0.376. The molecule has 1 aromatic rings. The molecule has 2 heterocycles. The third kappa shape index (κ3) is 4.63. The molecule has 2 rings (SSSR count). The van der Waals surface area contributed by atoms with E-state index in [1.165, 1.54) is 24.3 Å². The number of nitrogens with one attached hydrogen (secondary N) is 1. The number of rotatable bonds is 7. The lowest BCUT2D eigenvalue weighted by molar-refractivity contribution is 0.0167. The normalized spacial score (nSPS) is 20.2. The molecule has 0 amide bonds. The number of hydrogen-bond acceptors (Lipinski definition) is 5. The Hall–Kier alpha value is -0.520. The SMILES string of the molecule is CCNCCCc1nnc(CC2CCCCO2)s1. The molecule has 1 atom stereocenters. The molecule has 102 valence electrons. The van der Waals surface area contributed by atoms with Crippen molar-refractivity contribution in [1.82, 2.24) is 15.5 Å². The van der Waals surface area contributed by atoms with Crippen LogP contribution in [-0.2, 0) is 17.6 Å². The Morgan fingerprint density at radius 3 is 3.00 bits per heavy atom. The smallest absolute Gasteiger partial charge is 0.120 e. The summed E-state index contributed by atoms with van der Waals surface area (Å²) in [6.07, 6.45) is 7.18. The average molecular weight is 269 g/mol. The zero-order valence-corrected chi connectivity index (χ0v) is 12.0. The van der Waals surface area contributed by atoms with E-state index in [-0.39, 0.29) is 0 Å². The Labute approximate surface area is 113 Å². The lowest BCUT2D eigenvalue weighted by Gasteiger charge is -2.21. The quantitative estimate of drug-likeness (QED) is 0.771. The van der Waals surface area contributed by atoms with Crippen LogP contribution in [0.5, 0.6) is 0 Å². The van der Waals surface area contributed by atoms with Gasteiger partial charge < -0.3 is 10.1 Å². The van der Waals surface area contributed by atoms with Gasteiger partial charge in [0.15, 0.2) is 0 Å². The minimum atomic E-state index is 0.376. The lowest BCUT2D eigenvalue weighted by Crippen LogP contribution is -2.21. The van der Waals surface area contributed by atoms with E-state index in [0.717, 1.165) is 44.0 Å². The van der Waals surface area contributed by atoms with Crippen LogP contribution in [0.4, 0.5) is 0 Å². The van der Waals surface area contributed by atoms with Crippen molar-refractivity contribution in [3.63, 3.8) is 0 Å². The van der Waals surface area contributed by atoms with Crippen LogP contribution in [0.25, 0.3) is 0 Å². The van der Waals surface area contributed by atoms with Crippen LogP contribution in [0, 0.1) is 0 Å². The number of nitrogens with zero attached hydrogens (tertiary/aromatic N) is 2. The third-order valence-electron chi connectivity index (χ3n) is 3.18. The Balaban J connectivity index is 1.71. The summed E-state index contributed by atoms with van der Waals surface area (Å²) in [6.45, 7) is 5.16. The largest absolute Gasteiger partial charge is 0.378 e. The standard InChI is InChI=1S/C13H23N3OS/c1-2-14-8-5-7-12-15-16-13(18-12)10-11-6-3-4-9-17-11/h11,14H,2-10H2,1H3. The zero-order valence-electron chi connectivity index (χ0n) is 11.2. The predicted octanol–water partition coefficient (Wildman–Crippen LogP) is 2.19. The molecule has 0 saturated carbocycles. The van der Waals surface area contributed by atoms with Crippen LogP contribution >= 0.6 is 11.3 Å². The van der Waals surface area contributed by atoms with Gasteiger partial charge in [-0.05, 0) is 38.8 Å². The second-order valence-electron chi connectivity index (χ2n) is 4.74. The van der Waals surface area contributed by atoms with E-state index in [1.54, 1.807) is 11.3 Å². The van der Waals surface area contributed by atoms with Crippen molar-refractivity contribution in [2.45, 2.75) is 51.6 Å². The molecule has 1 aliphatic rings. The Bertz CT molecular complexity index is 337. The van der Waals surface area contributed by atoms with Crippen molar-refractivity contribution in [3.05, 3.63) is 10.0 Å².